The van der Waals surface area contributed by atoms with E-state index < -0.39 is 10.0 Å². The standard InChI is InChI=1S/C14H17NO4S3/c1-19-13-3-5-21-14(13)22(17,18)15-6-11(8-16)12(7-15)10-2-4-20-9-10/h2-5,9,11-12,16H,6-8H2,1H3/t11-,12-/m0/s1. The summed E-state index contributed by atoms with van der Waals surface area (Å²) < 4.78 is 32.5. The number of aliphatic hydroxyl groups excluding tert-OH is 1. The van der Waals surface area contributed by atoms with E-state index in [2.05, 4.69) is 0 Å². The predicted molar refractivity (Wildman–Crippen MR) is 87.3 cm³/mol. The van der Waals surface area contributed by atoms with Crippen molar-refractivity contribution in [3.05, 3.63) is 33.8 Å². The van der Waals surface area contributed by atoms with Gasteiger partial charge in [0.1, 0.15) is 5.75 Å². The van der Waals surface area contributed by atoms with Gasteiger partial charge in [0, 0.05) is 31.5 Å². The van der Waals surface area contributed by atoms with Crippen LogP contribution in [0.25, 0.3) is 0 Å². The molecular weight excluding hydrogens is 342 g/mol. The molecule has 2 aromatic rings. The molecule has 3 heterocycles. The van der Waals surface area contributed by atoms with Crippen LogP contribution in [0, 0.1) is 5.92 Å². The lowest BCUT2D eigenvalue weighted by Crippen LogP contribution is -2.29. The Morgan fingerprint density at radius 2 is 2.18 bits per heavy atom. The largest absolute Gasteiger partial charge is 0.494 e. The van der Waals surface area contributed by atoms with Gasteiger partial charge in [0.05, 0.1) is 7.11 Å². The Morgan fingerprint density at radius 3 is 2.82 bits per heavy atom. The van der Waals surface area contributed by atoms with Crippen molar-refractivity contribution in [2.24, 2.45) is 5.92 Å². The lowest BCUT2D eigenvalue weighted by atomic mass is 9.92. The molecule has 2 aromatic heterocycles. The summed E-state index contributed by atoms with van der Waals surface area (Å²) in [5.41, 5.74) is 1.10. The quantitative estimate of drug-likeness (QED) is 0.889. The van der Waals surface area contributed by atoms with Gasteiger partial charge in [-0.3, -0.25) is 0 Å². The fraction of sp³-hybridized carbons (Fsp3) is 0.429. The number of aliphatic hydroxyl groups is 1. The fourth-order valence-corrected chi connectivity index (χ4v) is 6.48. The lowest BCUT2D eigenvalue weighted by Gasteiger charge is -2.16. The Morgan fingerprint density at radius 1 is 1.36 bits per heavy atom. The van der Waals surface area contributed by atoms with Crippen molar-refractivity contribution in [2.75, 3.05) is 26.8 Å². The number of ether oxygens (including phenoxy) is 1. The van der Waals surface area contributed by atoms with Gasteiger partial charge >= 0.3 is 0 Å². The smallest absolute Gasteiger partial charge is 0.256 e. The van der Waals surface area contributed by atoms with Gasteiger partial charge in [-0.05, 0) is 33.8 Å². The van der Waals surface area contributed by atoms with Crippen molar-refractivity contribution >= 4 is 32.7 Å². The number of hydrogen-bond acceptors (Lipinski definition) is 6. The minimum Gasteiger partial charge on any atom is -0.494 e. The van der Waals surface area contributed by atoms with Crippen LogP contribution in [0.15, 0.2) is 32.5 Å². The molecule has 1 saturated heterocycles. The van der Waals surface area contributed by atoms with Crippen molar-refractivity contribution < 1.29 is 18.3 Å². The molecule has 0 bridgehead atoms. The molecule has 1 fully saturated rings. The van der Waals surface area contributed by atoms with Gasteiger partial charge in [0.2, 0.25) is 0 Å². The molecule has 0 radical (unpaired) electrons. The van der Waals surface area contributed by atoms with E-state index in [0.29, 0.717) is 18.8 Å². The van der Waals surface area contributed by atoms with Crippen LogP contribution >= 0.6 is 22.7 Å². The molecule has 8 heteroatoms. The van der Waals surface area contributed by atoms with Crippen molar-refractivity contribution in [3.8, 4) is 5.75 Å². The first-order valence-electron chi connectivity index (χ1n) is 6.82. The SMILES string of the molecule is COc1ccsc1S(=O)(=O)N1C[C@@H](CO)[C@H](c2ccsc2)C1. The van der Waals surface area contributed by atoms with Crippen LogP contribution in [0.3, 0.4) is 0 Å². The van der Waals surface area contributed by atoms with Crippen LogP contribution in [0.5, 0.6) is 5.75 Å². The monoisotopic (exact) mass is 359 g/mol. The summed E-state index contributed by atoms with van der Waals surface area (Å²) in [5.74, 6) is 0.344. The maximum atomic E-state index is 12.8. The number of thiophene rings is 2. The highest BCUT2D eigenvalue weighted by atomic mass is 32.2. The van der Waals surface area contributed by atoms with Gasteiger partial charge in [0.25, 0.3) is 10.0 Å². The molecule has 120 valence electrons. The Kier molecular flexibility index (Phi) is 4.56. The number of rotatable bonds is 5. The van der Waals surface area contributed by atoms with Gasteiger partial charge in [-0.25, -0.2) is 8.42 Å². The van der Waals surface area contributed by atoms with Crippen LogP contribution < -0.4 is 4.74 Å². The van der Waals surface area contributed by atoms with Crippen molar-refractivity contribution in [1.82, 2.24) is 4.31 Å². The first-order chi connectivity index (χ1) is 10.6. The summed E-state index contributed by atoms with van der Waals surface area (Å²) in [6.45, 7) is 0.708. The maximum absolute atomic E-state index is 12.8. The second-order valence-electron chi connectivity index (χ2n) is 5.20. The normalized spacial score (nSPS) is 23.0. The second-order valence-corrected chi connectivity index (χ2v) is 9.03. The lowest BCUT2D eigenvalue weighted by molar-refractivity contribution is 0.223. The van der Waals surface area contributed by atoms with Crippen LogP contribution in [-0.4, -0.2) is 44.6 Å². The van der Waals surface area contributed by atoms with E-state index in [4.69, 9.17) is 4.74 Å². The zero-order valence-electron chi connectivity index (χ0n) is 12.0. The highest BCUT2D eigenvalue weighted by Crippen LogP contribution is 2.39. The molecule has 0 aliphatic carbocycles. The predicted octanol–water partition coefficient (Wildman–Crippen LogP) is 2.21. The minimum atomic E-state index is -3.59. The highest BCUT2D eigenvalue weighted by molar-refractivity contribution is 7.91. The highest BCUT2D eigenvalue weighted by Gasteiger charge is 2.41. The summed E-state index contributed by atoms with van der Waals surface area (Å²) >= 11 is 2.74. The molecule has 1 aliphatic rings. The molecule has 0 unspecified atom stereocenters. The number of sulfonamides is 1. The van der Waals surface area contributed by atoms with Crippen LogP contribution in [-0.2, 0) is 10.0 Å². The van der Waals surface area contributed by atoms with Gasteiger partial charge in [-0.2, -0.15) is 15.6 Å². The van der Waals surface area contributed by atoms with Crippen molar-refractivity contribution in [2.45, 2.75) is 10.1 Å². The molecule has 0 aromatic carbocycles. The minimum absolute atomic E-state index is 0.0197. The Hall–Kier alpha value is -0.930. The molecule has 3 rings (SSSR count). The van der Waals surface area contributed by atoms with E-state index in [-0.39, 0.29) is 22.7 Å². The molecule has 0 saturated carbocycles. The van der Waals surface area contributed by atoms with Gasteiger partial charge in [-0.1, -0.05) is 0 Å². The molecule has 1 aliphatic heterocycles. The van der Waals surface area contributed by atoms with Crippen LogP contribution in [0.4, 0.5) is 0 Å². The molecule has 1 N–H and O–H groups in total. The van der Waals surface area contributed by atoms with Crippen LogP contribution in [0.2, 0.25) is 0 Å². The topological polar surface area (TPSA) is 66.8 Å². The Balaban J connectivity index is 1.90. The van der Waals surface area contributed by atoms with E-state index in [1.165, 1.54) is 11.4 Å². The van der Waals surface area contributed by atoms with Gasteiger partial charge in [-0.15, -0.1) is 11.3 Å². The van der Waals surface area contributed by atoms with E-state index in [1.807, 2.05) is 16.8 Å². The molecular formula is C14H17NO4S3. The van der Waals surface area contributed by atoms with E-state index in [1.54, 1.807) is 22.8 Å². The van der Waals surface area contributed by atoms with Crippen molar-refractivity contribution in [3.63, 3.8) is 0 Å². The summed E-state index contributed by atoms with van der Waals surface area (Å²) in [7, 11) is -2.12. The van der Waals surface area contributed by atoms with Crippen molar-refractivity contribution in [1.29, 1.82) is 0 Å². The third-order valence-corrected chi connectivity index (χ3v) is 7.96. The first-order valence-corrected chi connectivity index (χ1v) is 10.1. The van der Waals surface area contributed by atoms with Gasteiger partial charge < -0.3 is 9.84 Å². The maximum Gasteiger partial charge on any atom is 0.256 e. The number of nitrogens with zero attached hydrogens (tertiary/aromatic N) is 1. The van der Waals surface area contributed by atoms with E-state index in [0.717, 1.165) is 16.9 Å². The van der Waals surface area contributed by atoms with Gasteiger partial charge in [0.15, 0.2) is 4.21 Å². The summed E-state index contributed by atoms with van der Waals surface area (Å²) in [5, 5.41) is 15.3. The fourth-order valence-electron chi connectivity index (χ4n) is 2.82. The Labute approximate surface area is 137 Å². The second kappa shape index (κ2) is 6.29. The molecule has 0 amide bonds. The number of methoxy groups -OCH3 is 1. The third kappa shape index (κ3) is 2.69. The summed E-state index contributed by atoms with van der Waals surface area (Å²) in [6, 6.07) is 3.66. The van der Waals surface area contributed by atoms with E-state index >= 15 is 0 Å². The average Bonchev–Trinajstić information content (AvgIpc) is 3.24. The molecule has 0 spiro atoms. The third-order valence-electron chi connectivity index (χ3n) is 4.00. The van der Waals surface area contributed by atoms with E-state index in [9.17, 15) is 13.5 Å². The molecule has 22 heavy (non-hydrogen) atoms. The number of hydrogen-bond donors (Lipinski definition) is 1. The first kappa shape index (κ1) is 15.9. The summed E-state index contributed by atoms with van der Waals surface area (Å²) in [4.78, 5) is 0. The molecule has 2 atom stereocenters. The zero-order valence-corrected chi connectivity index (χ0v) is 14.5. The average molecular weight is 359 g/mol. The Bertz CT molecular complexity index is 723. The molecule has 5 nitrogen and oxygen atoms in total. The zero-order chi connectivity index (χ0) is 15.7. The van der Waals surface area contributed by atoms with Crippen LogP contribution in [0.1, 0.15) is 11.5 Å². The summed E-state index contributed by atoms with van der Waals surface area (Å²) in [6.07, 6.45) is 0.